The quantitative estimate of drug-likeness (QED) is 0.685. The van der Waals surface area contributed by atoms with E-state index in [4.69, 9.17) is 4.74 Å². The second-order valence-corrected chi connectivity index (χ2v) is 5.78. The molecule has 2 aromatic rings. The van der Waals surface area contributed by atoms with Crippen molar-refractivity contribution >= 4 is 17.3 Å². The molecule has 2 N–H and O–H groups in total. The van der Waals surface area contributed by atoms with Crippen LogP contribution in [0.5, 0.6) is 11.5 Å². The van der Waals surface area contributed by atoms with E-state index in [-0.39, 0.29) is 24.0 Å². The van der Waals surface area contributed by atoms with Gasteiger partial charge in [0.05, 0.1) is 18.3 Å². The van der Waals surface area contributed by atoms with Crippen molar-refractivity contribution < 1.29 is 31.8 Å². The summed E-state index contributed by atoms with van der Waals surface area (Å²) in [6.07, 6.45) is -4.88. The van der Waals surface area contributed by atoms with Gasteiger partial charge in [-0.05, 0) is 50.2 Å². The maximum atomic E-state index is 14.0. The monoisotopic (exact) mass is 386 g/mol. The molecule has 2 aromatic carbocycles. The Hall–Kier alpha value is -2.97. The summed E-state index contributed by atoms with van der Waals surface area (Å²) in [4.78, 5) is 11.9. The van der Waals surface area contributed by atoms with Crippen molar-refractivity contribution in [3.8, 4) is 11.5 Å². The van der Waals surface area contributed by atoms with Crippen molar-refractivity contribution in [2.75, 3.05) is 17.2 Å². The lowest BCUT2D eigenvalue weighted by Crippen LogP contribution is -2.22. The number of halogens is 4. The smallest absolute Gasteiger partial charge is 0.491 e. The fourth-order valence-electron chi connectivity index (χ4n) is 2.11. The lowest BCUT2D eigenvalue weighted by Gasteiger charge is -2.12. The van der Waals surface area contributed by atoms with Gasteiger partial charge in [-0.25, -0.2) is 4.39 Å². The molecule has 0 heterocycles. The summed E-state index contributed by atoms with van der Waals surface area (Å²) < 4.78 is 59.4. The minimum atomic E-state index is -4.78. The molecule has 0 aliphatic carbocycles. The molecule has 1 amide bonds. The van der Waals surface area contributed by atoms with Crippen molar-refractivity contribution in [3.63, 3.8) is 0 Å². The average molecular weight is 386 g/mol. The van der Waals surface area contributed by atoms with E-state index in [2.05, 4.69) is 15.4 Å². The standard InChI is InChI=1S/C18H18F4N2O3/c1-11(2)26-14-7-8-16(15(19)9-14)23-10-17(25)24-12-3-5-13(6-4-12)27-18(20,21)22/h3-9,11,23H,10H2,1-2H3,(H,24,25). The Labute approximate surface area is 153 Å². The van der Waals surface area contributed by atoms with Crippen LogP contribution in [-0.2, 0) is 4.79 Å². The van der Waals surface area contributed by atoms with Gasteiger partial charge in [0, 0.05) is 11.8 Å². The molecule has 0 aliphatic heterocycles. The first-order valence-electron chi connectivity index (χ1n) is 7.98. The van der Waals surface area contributed by atoms with Gasteiger partial charge in [-0.3, -0.25) is 4.79 Å². The first kappa shape index (κ1) is 20.3. The first-order chi connectivity index (χ1) is 12.6. The van der Waals surface area contributed by atoms with Crippen molar-refractivity contribution in [2.45, 2.75) is 26.3 Å². The highest BCUT2D eigenvalue weighted by atomic mass is 19.4. The molecule has 0 saturated carbocycles. The highest BCUT2D eigenvalue weighted by Gasteiger charge is 2.30. The minimum Gasteiger partial charge on any atom is -0.491 e. The zero-order valence-electron chi connectivity index (χ0n) is 14.6. The van der Waals surface area contributed by atoms with Crippen LogP contribution in [0.2, 0.25) is 0 Å². The molecule has 146 valence electrons. The maximum Gasteiger partial charge on any atom is 0.573 e. The zero-order valence-corrected chi connectivity index (χ0v) is 14.6. The molecule has 0 spiro atoms. The molecule has 5 nitrogen and oxygen atoms in total. The molecule has 0 fully saturated rings. The van der Waals surface area contributed by atoms with Crippen LogP contribution in [0.15, 0.2) is 42.5 Å². The lowest BCUT2D eigenvalue weighted by molar-refractivity contribution is -0.274. The fourth-order valence-corrected chi connectivity index (χ4v) is 2.11. The zero-order chi connectivity index (χ0) is 20.0. The van der Waals surface area contributed by atoms with E-state index in [9.17, 15) is 22.4 Å². The number of benzene rings is 2. The van der Waals surface area contributed by atoms with E-state index in [1.807, 2.05) is 13.8 Å². The number of alkyl halides is 3. The molecule has 0 saturated heterocycles. The first-order valence-corrected chi connectivity index (χ1v) is 7.98. The van der Waals surface area contributed by atoms with Crippen LogP contribution in [0.25, 0.3) is 0 Å². The van der Waals surface area contributed by atoms with Gasteiger partial charge in [-0.15, -0.1) is 13.2 Å². The molecule has 0 aliphatic rings. The van der Waals surface area contributed by atoms with Gasteiger partial charge >= 0.3 is 6.36 Å². The third-order valence-corrected chi connectivity index (χ3v) is 3.12. The van der Waals surface area contributed by atoms with Gasteiger partial charge < -0.3 is 20.1 Å². The Morgan fingerprint density at radius 3 is 2.26 bits per heavy atom. The largest absolute Gasteiger partial charge is 0.573 e. The molecule has 0 radical (unpaired) electrons. The van der Waals surface area contributed by atoms with Crippen LogP contribution >= 0.6 is 0 Å². The second-order valence-electron chi connectivity index (χ2n) is 5.78. The fraction of sp³-hybridized carbons (Fsp3) is 0.278. The molecular formula is C18H18F4N2O3. The van der Waals surface area contributed by atoms with Crippen molar-refractivity contribution in [2.24, 2.45) is 0 Å². The molecule has 9 heteroatoms. The van der Waals surface area contributed by atoms with Gasteiger partial charge in [0.2, 0.25) is 5.91 Å². The SMILES string of the molecule is CC(C)Oc1ccc(NCC(=O)Nc2ccc(OC(F)(F)F)cc2)c(F)c1. The highest BCUT2D eigenvalue weighted by molar-refractivity contribution is 5.93. The van der Waals surface area contributed by atoms with Crippen molar-refractivity contribution in [1.29, 1.82) is 0 Å². The van der Waals surface area contributed by atoms with E-state index in [1.165, 1.54) is 24.3 Å². The maximum absolute atomic E-state index is 14.0. The normalized spacial score (nSPS) is 11.2. The minimum absolute atomic E-state index is 0.0955. The van der Waals surface area contributed by atoms with E-state index in [0.29, 0.717) is 5.75 Å². The van der Waals surface area contributed by atoms with Gasteiger partial charge in [-0.1, -0.05) is 0 Å². The van der Waals surface area contributed by atoms with Crippen LogP contribution < -0.4 is 20.1 Å². The number of ether oxygens (including phenoxy) is 2. The summed E-state index contributed by atoms with van der Waals surface area (Å²) in [6.45, 7) is 3.40. The number of anilines is 2. The molecule has 2 rings (SSSR count). The highest BCUT2D eigenvalue weighted by Crippen LogP contribution is 2.24. The second kappa shape index (κ2) is 8.61. The number of carbonyl (C=O) groups excluding carboxylic acids is 1. The van der Waals surface area contributed by atoms with Crippen LogP contribution in [0.4, 0.5) is 28.9 Å². The van der Waals surface area contributed by atoms with Gasteiger partial charge in [0.15, 0.2) is 0 Å². The molecule has 0 bridgehead atoms. The Morgan fingerprint density at radius 2 is 1.70 bits per heavy atom. The van der Waals surface area contributed by atoms with Crippen LogP contribution in [0, 0.1) is 5.82 Å². The number of hydrogen-bond donors (Lipinski definition) is 2. The van der Waals surface area contributed by atoms with Crippen molar-refractivity contribution in [3.05, 3.63) is 48.3 Å². The summed E-state index contributed by atoms with van der Waals surface area (Å²) in [6, 6.07) is 8.90. The van der Waals surface area contributed by atoms with E-state index >= 15 is 0 Å². The van der Waals surface area contributed by atoms with Crippen LogP contribution in [0.3, 0.4) is 0 Å². The van der Waals surface area contributed by atoms with E-state index in [1.54, 1.807) is 6.07 Å². The van der Waals surface area contributed by atoms with Crippen LogP contribution in [-0.4, -0.2) is 24.9 Å². The predicted molar refractivity (Wildman–Crippen MR) is 92.4 cm³/mol. The molecule has 0 atom stereocenters. The number of carbonyl (C=O) groups is 1. The number of hydrogen-bond acceptors (Lipinski definition) is 4. The van der Waals surface area contributed by atoms with Gasteiger partial charge in [0.25, 0.3) is 0 Å². The summed E-state index contributed by atoms with van der Waals surface area (Å²) in [5, 5.41) is 5.11. The number of nitrogens with one attached hydrogen (secondary N) is 2. The van der Waals surface area contributed by atoms with Crippen molar-refractivity contribution in [1.82, 2.24) is 0 Å². The number of amides is 1. The predicted octanol–water partition coefficient (Wildman–Crippen LogP) is 4.56. The van der Waals surface area contributed by atoms with Crippen LogP contribution in [0.1, 0.15) is 13.8 Å². The summed E-state index contributed by atoms with van der Waals surface area (Å²) in [7, 11) is 0. The Kier molecular flexibility index (Phi) is 6.49. The summed E-state index contributed by atoms with van der Waals surface area (Å²) in [5.41, 5.74) is 0.396. The van der Waals surface area contributed by atoms with Gasteiger partial charge in [0.1, 0.15) is 17.3 Å². The molecular weight excluding hydrogens is 368 g/mol. The Balaban J connectivity index is 1.87. The number of rotatable bonds is 7. The molecule has 0 aromatic heterocycles. The molecule has 0 unspecified atom stereocenters. The topological polar surface area (TPSA) is 59.6 Å². The Bertz CT molecular complexity index is 777. The average Bonchev–Trinajstić information content (AvgIpc) is 2.54. The third-order valence-electron chi connectivity index (χ3n) is 3.12. The summed E-state index contributed by atoms with van der Waals surface area (Å²) >= 11 is 0. The van der Waals surface area contributed by atoms with E-state index in [0.717, 1.165) is 12.1 Å². The van der Waals surface area contributed by atoms with E-state index < -0.39 is 23.8 Å². The third kappa shape index (κ3) is 7.04. The summed E-state index contributed by atoms with van der Waals surface area (Å²) in [5.74, 6) is -1.10. The Morgan fingerprint density at radius 1 is 1.07 bits per heavy atom. The van der Waals surface area contributed by atoms with Gasteiger partial charge in [-0.2, -0.15) is 0 Å². The lowest BCUT2D eigenvalue weighted by atomic mass is 10.2. The molecule has 27 heavy (non-hydrogen) atoms.